The molecule has 3 rings (SSSR count). The molecule has 1 aliphatic rings. The predicted octanol–water partition coefficient (Wildman–Crippen LogP) is 1.53. The molecule has 1 heterocycles. The summed E-state index contributed by atoms with van der Waals surface area (Å²) in [7, 11) is 3.53. The molecule has 1 saturated heterocycles. The van der Waals surface area contributed by atoms with Crippen molar-refractivity contribution in [3.63, 3.8) is 0 Å². The topological polar surface area (TPSA) is 72.3 Å². The summed E-state index contributed by atoms with van der Waals surface area (Å²) in [6.07, 6.45) is 0. The minimum Gasteiger partial charge on any atom is -0.497 e. The standard InChI is InChI=1S/C22H27N3O4/c1-5-29-18-11-9-16(10-12-18)14-24(3)15-25-20(26)22(2,23-21(25)27)17-7-6-8-19(13-17)28-4/h6-13H,5,14-15H2,1-4H3,(H,23,27)/p+1/t22-/m1/s1. The number of quaternary nitrogens is 1. The Labute approximate surface area is 171 Å². The lowest BCUT2D eigenvalue weighted by Crippen LogP contribution is -3.09. The van der Waals surface area contributed by atoms with Crippen LogP contribution in [0.3, 0.4) is 0 Å². The molecule has 7 heteroatoms. The molecule has 2 aromatic rings. The van der Waals surface area contributed by atoms with E-state index in [1.165, 1.54) is 4.90 Å². The van der Waals surface area contributed by atoms with Gasteiger partial charge in [0.05, 0.1) is 20.8 Å². The third-order valence-corrected chi connectivity index (χ3v) is 5.09. The van der Waals surface area contributed by atoms with Gasteiger partial charge in [0.2, 0.25) is 0 Å². The van der Waals surface area contributed by atoms with Gasteiger partial charge < -0.3 is 19.7 Å². The molecule has 7 nitrogen and oxygen atoms in total. The van der Waals surface area contributed by atoms with Crippen molar-refractivity contribution in [3.8, 4) is 11.5 Å². The second-order valence-electron chi connectivity index (χ2n) is 7.39. The number of hydrogen-bond acceptors (Lipinski definition) is 4. The van der Waals surface area contributed by atoms with Gasteiger partial charge >= 0.3 is 6.03 Å². The van der Waals surface area contributed by atoms with E-state index in [2.05, 4.69) is 5.32 Å². The Hall–Kier alpha value is -3.06. The van der Waals surface area contributed by atoms with E-state index in [9.17, 15) is 9.59 Å². The lowest BCUT2D eigenvalue weighted by molar-refractivity contribution is -0.901. The number of nitrogens with zero attached hydrogens (tertiary/aromatic N) is 1. The summed E-state index contributed by atoms with van der Waals surface area (Å²) in [5, 5.41) is 2.84. The van der Waals surface area contributed by atoms with E-state index in [4.69, 9.17) is 9.47 Å². The first kappa shape index (κ1) is 20.7. The molecule has 1 unspecified atom stereocenters. The van der Waals surface area contributed by atoms with Crippen molar-refractivity contribution in [2.24, 2.45) is 0 Å². The number of benzene rings is 2. The average Bonchev–Trinajstić information content (AvgIpc) is 2.94. The molecule has 2 atom stereocenters. The SMILES string of the molecule is CCOc1ccc(C[NH+](C)CN2C(=O)N[C@](C)(c3cccc(OC)c3)C2=O)cc1. The summed E-state index contributed by atoms with van der Waals surface area (Å²) in [5.74, 6) is 1.21. The first-order valence-corrected chi connectivity index (χ1v) is 9.69. The molecule has 0 aromatic heterocycles. The molecule has 154 valence electrons. The Balaban J connectivity index is 1.69. The number of carbonyl (C=O) groups excluding carboxylic acids is 2. The molecule has 0 spiro atoms. The van der Waals surface area contributed by atoms with Crippen LogP contribution in [0.25, 0.3) is 0 Å². The Morgan fingerprint density at radius 1 is 1.10 bits per heavy atom. The molecule has 2 N–H and O–H groups in total. The normalized spacial score (nSPS) is 19.8. The van der Waals surface area contributed by atoms with Crippen LogP contribution in [0.5, 0.6) is 11.5 Å². The molecule has 1 fully saturated rings. The number of methoxy groups -OCH3 is 1. The molecule has 0 saturated carbocycles. The zero-order valence-corrected chi connectivity index (χ0v) is 17.3. The maximum atomic E-state index is 13.1. The van der Waals surface area contributed by atoms with Gasteiger partial charge in [-0.05, 0) is 55.8 Å². The van der Waals surface area contributed by atoms with Crippen molar-refractivity contribution < 1.29 is 24.0 Å². The Morgan fingerprint density at radius 2 is 1.83 bits per heavy atom. The summed E-state index contributed by atoms with van der Waals surface area (Å²) >= 11 is 0. The summed E-state index contributed by atoms with van der Waals surface area (Å²) in [6, 6.07) is 14.7. The van der Waals surface area contributed by atoms with Gasteiger partial charge in [-0.2, -0.15) is 0 Å². The quantitative estimate of drug-likeness (QED) is 0.662. The van der Waals surface area contributed by atoms with E-state index < -0.39 is 5.54 Å². The van der Waals surface area contributed by atoms with Gasteiger partial charge in [-0.25, -0.2) is 9.69 Å². The van der Waals surface area contributed by atoms with Crippen molar-refractivity contribution in [2.75, 3.05) is 27.4 Å². The molecule has 1 aliphatic heterocycles. The van der Waals surface area contributed by atoms with Crippen molar-refractivity contribution >= 4 is 11.9 Å². The number of rotatable bonds is 8. The maximum absolute atomic E-state index is 13.1. The molecule has 29 heavy (non-hydrogen) atoms. The highest BCUT2D eigenvalue weighted by Crippen LogP contribution is 2.30. The number of urea groups is 1. The van der Waals surface area contributed by atoms with Crippen LogP contribution in [0.4, 0.5) is 4.79 Å². The first-order chi connectivity index (χ1) is 13.9. The number of carbonyl (C=O) groups is 2. The Bertz CT molecular complexity index is 884. The molecular formula is C22H28N3O4+. The number of imide groups is 1. The number of nitrogens with one attached hydrogen (secondary N) is 2. The highest BCUT2D eigenvalue weighted by atomic mass is 16.5. The summed E-state index contributed by atoms with van der Waals surface area (Å²) in [6.45, 7) is 5.26. The van der Waals surface area contributed by atoms with Gasteiger partial charge in [0.1, 0.15) is 23.6 Å². The number of amides is 3. The fraction of sp³-hybridized carbons (Fsp3) is 0.364. The van der Waals surface area contributed by atoms with Crippen LogP contribution in [0.1, 0.15) is 25.0 Å². The van der Waals surface area contributed by atoms with Gasteiger partial charge in [0, 0.05) is 5.56 Å². The van der Waals surface area contributed by atoms with Crippen LogP contribution in [-0.4, -0.2) is 44.3 Å². The van der Waals surface area contributed by atoms with Gasteiger partial charge in [0.15, 0.2) is 6.67 Å². The number of hydrogen-bond donors (Lipinski definition) is 2. The maximum Gasteiger partial charge on any atom is 0.329 e. The monoisotopic (exact) mass is 398 g/mol. The van der Waals surface area contributed by atoms with Crippen LogP contribution < -0.4 is 19.7 Å². The second-order valence-corrected chi connectivity index (χ2v) is 7.39. The van der Waals surface area contributed by atoms with Crippen LogP contribution in [0.2, 0.25) is 0 Å². The van der Waals surface area contributed by atoms with Gasteiger partial charge in [-0.15, -0.1) is 0 Å². The molecule has 0 bridgehead atoms. The summed E-state index contributed by atoms with van der Waals surface area (Å²) < 4.78 is 10.7. The second kappa shape index (κ2) is 8.53. The largest absolute Gasteiger partial charge is 0.497 e. The minimum absolute atomic E-state index is 0.262. The highest BCUT2D eigenvalue weighted by molar-refractivity contribution is 6.07. The van der Waals surface area contributed by atoms with Gasteiger partial charge in [-0.3, -0.25) is 4.79 Å². The lowest BCUT2D eigenvalue weighted by atomic mass is 9.92. The van der Waals surface area contributed by atoms with Crippen molar-refractivity contribution in [2.45, 2.75) is 25.9 Å². The van der Waals surface area contributed by atoms with Crippen molar-refractivity contribution in [1.82, 2.24) is 10.2 Å². The molecule has 0 aliphatic carbocycles. The van der Waals surface area contributed by atoms with Gasteiger partial charge in [-0.1, -0.05) is 12.1 Å². The van der Waals surface area contributed by atoms with E-state index >= 15 is 0 Å². The lowest BCUT2D eigenvalue weighted by Gasteiger charge is -2.23. The van der Waals surface area contributed by atoms with Crippen LogP contribution in [0.15, 0.2) is 48.5 Å². The van der Waals surface area contributed by atoms with Gasteiger partial charge in [0.25, 0.3) is 5.91 Å². The minimum atomic E-state index is -1.11. The molecular weight excluding hydrogens is 370 g/mol. The van der Waals surface area contributed by atoms with E-state index in [1.54, 1.807) is 26.2 Å². The van der Waals surface area contributed by atoms with Crippen molar-refractivity contribution in [3.05, 3.63) is 59.7 Å². The molecule has 3 amide bonds. The van der Waals surface area contributed by atoms with E-state index in [0.717, 1.165) is 16.2 Å². The fourth-order valence-electron chi connectivity index (χ4n) is 3.51. The van der Waals surface area contributed by atoms with Crippen LogP contribution in [0, 0.1) is 0 Å². The zero-order valence-electron chi connectivity index (χ0n) is 17.3. The Morgan fingerprint density at radius 3 is 2.48 bits per heavy atom. The van der Waals surface area contributed by atoms with Crippen molar-refractivity contribution in [1.29, 1.82) is 0 Å². The summed E-state index contributed by atoms with van der Waals surface area (Å²) in [5.41, 5.74) is 0.695. The third kappa shape index (κ3) is 4.35. The first-order valence-electron chi connectivity index (χ1n) is 9.69. The average molecular weight is 398 g/mol. The van der Waals surface area contributed by atoms with E-state index in [1.807, 2.05) is 50.4 Å². The Kier molecular flexibility index (Phi) is 6.08. The summed E-state index contributed by atoms with van der Waals surface area (Å²) in [4.78, 5) is 28.0. The smallest absolute Gasteiger partial charge is 0.329 e. The van der Waals surface area contributed by atoms with E-state index in [0.29, 0.717) is 24.5 Å². The third-order valence-electron chi connectivity index (χ3n) is 5.09. The van der Waals surface area contributed by atoms with E-state index in [-0.39, 0.29) is 18.6 Å². The zero-order chi connectivity index (χ0) is 21.0. The predicted molar refractivity (Wildman–Crippen MR) is 109 cm³/mol. The molecule has 0 radical (unpaired) electrons. The fourth-order valence-corrected chi connectivity index (χ4v) is 3.51. The number of ether oxygens (including phenoxy) is 2. The molecule has 2 aromatic carbocycles. The van der Waals surface area contributed by atoms with Crippen LogP contribution >= 0.6 is 0 Å². The highest BCUT2D eigenvalue weighted by Gasteiger charge is 2.50. The van der Waals surface area contributed by atoms with Crippen LogP contribution in [-0.2, 0) is 16.9 Å².